The van der Waals surface area contributed by atoms with Crippen molar-refractivity contribution in [3.8, 4) is 0 Å². The van der Waals surface area contributed by atoms with Crippen molar-refractivity contribution in [1.29, 1.82) is 0 Å². The first-order valence-electron chi connectivity index (χ1n) is 5.69. The Kier molecular flexibility index (Phi) is 4.79. The highest BCUT2D eigenvalue weighted by molar-refractivity contribution is 7.09. The summed E-state index contributed by atoms with van der Waals surface area (Å²) in [6.45, 7) is 1.22. The Bertz CT molecular complexity index is 484. The van der Waals surface area contributed by atoms with Crippen molar-refractivity contribution in [3.63, 3.8) is 0 Å². The Morgan fingerprint density at radius 3 is 2.50 bits per heavy atom. The van der Waals surface area contributed by atoms with Crippen LogP contribution in [0.4, 0.5) is 0 Å². The third-order valence-corrected chi connectivity index (χ3v) is 3.70. The fourth-order valence-electron chi connectivity index (χ4n) is 1.71. The molecule has 0 saturated carbocycles. The summed E-state index contributed by atoms with van der Waals surface area (Å²) >= 11 is 7.32. The van der Waals surface area contributed by atoms with E-state index in [1.807, 2.05) is 47.8 Å². The average molecular weight is 280 g/mol. The number of carbonyl (C=O) groups excluding carboxylic acids is 1. The van der Waals surface area contributed by atoms with Crippen LogP contribution in [0.2, 0.25) is 0 Å². The smallest absolute Gasteiger partial charge is 0.238 e. The number of alkyl halides is 1. The Balaban J connectivity index is 2.08. The van der Waals surface area contributed by atoms with E-state index < -0.39 is 0 Å². The number of rotatable bonds is 5. The molecule has 0 fully saturated rings. The Hall–Kier alpha value is -1.32. The summed E-state index contributed by atoms with van der Waals surface area (Å²) in [7, 11) is 0. The maximum absolute atomic E-state index is 11.8. The van der Waals surface area contributed by atoms with Gasteiger partial charge in [0, 0.05) is 11.4 Å². The van der Waals surface area contributed by atoms with Crippen molar-refractivity contribution >= 4 is 28.8 Å². The zero-order chi connectivity index (χ0) is 12.8. The minimum absolute atomic E-state index is 0.0260. The van der Waals surface area contributed by atoms with Crippen molar-refractivity contribution in [2.24, 2.45) is 0 Å². The van der Waals surface area contributed by atoms with Gasteiger partial charge in [-0.15, -0.1) is 22.9 Å². The summed E-state index contributed by atoms with van der Waals surface area (Å²) in [4.78, 5) is 14.8. The molecule has 4 heteroatoms. The van der Waals surface area contributed by atoms with E-state index in [0.717, 1.165) is 5.56 Å². The summed E-state index contributed by atoms with van der Waals surface area (Å²) in [6, 6.07) is 14.0. The number of benzene rings is 1. The van der Waals surface area contributed by atoms with E-state index in [1.54, 1.807) is 16.2 Å². The molecule has 0 atom stereocenters. The van der Waals surface area contributed by atoms with Gasteiger partial charge < -0.3 is 4.90 Å². The molecule has 0 aliphatic carbocycles. The molecule has 1 heterocycles. The normalized spacial score (nSPS) is 10.3. The van der Waals surface area contributed by atoms with Crippen LogP contribution >= 0.6 is 22.9 Å². The van der Waals surface area contributed by atoms with Gasteiger partial charge in [-0.2, -0.15) is 0 Å². The van der Waals surface area contributed by atoms with E-state index in [4.69, 9.17) is 11.6 Å². The van der Waals surface area contributed by atoms with Crippen LogP contribution in [0.15, 0.2) is 47.8 Å². The first-order valence-corrected chi connectivity index (χ1v) is 7.11. The zero-order valence-corrected chi connectivity index (χ0v) is 11.5. The molecule has 0 aliphatic heterocycles. The monoisotopic (exact) mass is 279 g/mol. The van der Waals surface area contributed by atoms with Crippen molar-refractivity contribution in [2.45, 2.75) is 13.1 Å². The van der Waals surface area contributed by atoms with Gasteiger partial charge in [0.25, 0.3) is 0 Å². The highest BCUT2D eigenvalue weighted by atomic mass is 35.5. The number of hydrogen-bond donors (Lipinski definition) is 0. The van der Waals surface area contributed by atoms with E-state index in [-0.39, 0.29) is 11.8 Å². The van der Waals surface area contributed by atoms with Crippen LogP contribution < -0.4 is 0 Å². The second-order valence-electron chi connectivity index (χ2n) is 3.95. The predicted octanol–water partition coefficient (Wildman–Crippen LogP) is 3.52. The van der Waals surface area contributed by atoms with Gasteiger partial charge in [0.15, 0.2) is 0 Å². The Morgan fingerprint density at radius 1 is 1.11 bits per heavy atom. The van der Waals surface area contributed by atoms with Gasteiger partial charge in [-0.1, -0.05) is 36.4 Å². The van der Waals surface area contributed by atoms with Gasteiger partial charge in [0.2, 0.25) is 5.91 Å². The SMILES string of the molecule is O=C(CCl)N(Cc1ccccc1)Cc1cccs1. The van der Waals surface area contributed by atoms with Gasteiger partial charge in [0.1, 0.15) is 5.88 Å². The van der Waals surface area contributed by atoms with Gasteiger partial charge >= 0.3 is 0 Å². The van der Waals surface area contributed by atoms with Crippen LogP contribution in [-0.4, -0.2) is 16.7 Å². The summed E-state index contributed by atoms with van der Waals surface area (Å²) < 4.78 is 0. The van der Waals surface area contributed by atoms with E-state index in [2.05, 4.69) is 0 Å². The molecule has 0 aliphatic rings. The lowest BCUT2D eigenvalue weighted by atomic mass is 10.2. The topological polar surface area (TPSA) is 20.3 Å². The fourth-order valence-corrected chi connectivity index (χ4v) is 2.60. The highest BCUT2D eigenvalue weighted by Crippen LogP contribution is 2.15. The quantitative estimate of drug-likeness (QED) is 0.767. The van der Waals surface area contributed by atoms with Crippen LogP contribution in [0.25, 0.3) is 0 Å². The molecular formula is C14H14ClNOS. The van der Waals surface area contributed by atoms with Crippen LogP contribution in [-0.2, 0) is 17.9 Å². The molecule has 1 aromatic carbocycles. The van der Waals surface area contributed by atoms with Gasteiger partial charge in [-0.05, 0) is 17.0 Å². The summed E-state index contributed by atoms with van der Waals surface area (Å²) in [6.07, 6.45) is 0. The van der Waals surface area contributed by atoms with Crippen molar-refractivity contribution < 1.29 is 4.79 Å². The molecule has 0 N–H and O–H groups in total. The van der Waals surface area contributed by atoms with E-state index in [9.17, 15) is 4.79 Å². The van der Waals surface area contributed by atoms with Gasteiger partial charge in [-0.3, -0.25) is 4.79 Å². The number of amides is 1. The molecule has 1 amide bonds. The van der Waals surface area contributed by atoms with Gasteiger partial charge in [-0.25, -0.2) is 0 Å². The molecule has 1 aromatic heterocycles. The molecular weight excluding hydrogens is 266 g/mol. The molecule has 18 heavy (non-hydrogen) atoms. The zero-order valence-electron chi connectivity index (χ0n) is 9.88. The number of halogens is 1. The molecule has 2 nitrogen and oxygen atoms in total. The number of nitrogens with zero attached hydrogens (tertiary/aromatic N) is 1. The third kappa shape index (κ3) is 3.59. The van der Waals surface area contributed by atoms with Crippen molar-refractivity contribution in [1.82, 2.24) is 4.90 Å². The second-order valence-corrected chi connectivity index (χ2v) is 5.25. The Morgan fingerprint density at radius 2 is 1.89 bits per heavy atom. The standard InChI is InChI=1S/C14H14ClNOS/c15-9-14(17)16(11-13-7-4-8-18-13)10-12-5-2-1-3-6-12/h1-8H,9-11H2. The van der Waals surface area contributed by atoms with Crippen LogP contribution in [0, 0.1) is 0 Å². The minimum Gasteiger partial charge on any atom is -0.332 e. The van der Waals surface area contributed by atoms with Crippen LogP contribution in [0.3, 0.4) is 0 Å². The number of hydrogen-bond acceptors (Lipinski definition) is 2. The van der Waals surface area contributed by atoms with E-state index in [0.29, 0.717) is 13.1 Å². The van der Waals surface area contributed by atoms with Crippen LogP contribution in [0.5, 0.6) is 0 Å². The number of carbonyl (C=O) groups is 1. The molecule has 94 valence electrons. The maximum Gasteiger partial charge on any atom is 0.238 e. The molecule has 0 bridgehead atoms. The molecule has 2 rings (SSSR count). The highest BCUT2D eigenvalue weighted by Gasteiger charge is 2.13. The first-order chi connectivity index (χ1) is 8.79. The van der Waals surface area contributed by atoms with Gasteiger partial charge in [0.05, 0.1) is 6.54 Å². The maximum atomic E-state index is 11.8. The lowest BCUT2D eigenvalue weighted by molar-refractivity contribution is -0.129. The average Bonchev–Trinajstić information content (AvgIpc) is 2.91. The summed E-state index contributed by atoms with van der Waals surface area (Å²) in [5, 5.41) is 2.02. The molecule has 0 unspecified atom stereocenters. The number of thiophene rings is 1. The first kappa shape index (κ1) is 13.1. The molecule has 0 saturated heterocycles. The second kappa shape index (κ2) is 6.57. The predicted molar refractivity (Wildman–Crippen MR) is 75.7 cm³/mol. The molecule has 2 aromatic rings. The van der Waals surface area contributed by atoms with Crippen LogP contribution in [0.1, 0.15) is 10.4 Å². The summed E-state index contributed by atoms with van der Waals surface area (Å²) in [5.74, 6) is -0.00741. The van der Waals surface area contributed by atoms with E-state index in [1.165, 1.54) is 4.88 Å². The van der Waals surface area contributed by atoms with Crippen molar-refractivity contribution in [3.05, 3.63) is 58.3 Å². The fraction of sp³-hybridized carbons (Fsp3) is 0.214. The van der Waals surface area contributed by atoms with Crippen molar-refractivity contribution in [2.75, 3.05) is 5.88 Å². The van der Waals surface area contributed by atoms with E-state index >= 15 is 0 Å². The largest absolute Gasteiger partial charge is 0.332 e. The Labute approximate surface area is 116 Å². The molecule has 0 spiro atoms. The lowest BCUT2D eigenvalue weighted by Gasteiger charge is -2.21. The third-order valence-electron chi connectivity index (χ3n) is 2.61. The summed E-state index contributed by atoms with van der Waals surface area (Å²) in [5.41, 5.74) is 1.12. The lowest BCUT2D eigenvalue weighted by Crippen LogP contribution is -2.30. The minimum atomic E-state index is -0.0334. The molecule has 0 radical (unpaired) electrons.